The highest BCUT2D eigenvalue weighted by molar-refractivity contribution is 5.98. The summed E-state index contributed by atoms with van der Waals surface area (Å²) in [4.78, 5) is 45.6. The minimum Gasteiger partial charge on any atom is -0.478 e. The van der Waals surface area contributed by atoms with Crippen molar-refractivity contribution in [2.24, 2.45) is 5.92 Å². The highest BCUT2D eigenvalue weighted by Crippen LogP contribution is 2.38. The molecule has 11 heteroatoms. The zero-order valence-electron chi connectivity index (χ0n) is 13.9. The second kappa shape index (κ2) is 7.76. The quantitative estimate of drug-likeness (QED) is 0.451. The van der Waals surface area contributed by atoms with Gasteiger partial charge in [-0.1, -0.05) is 0 Å². The number of ether oxygens (including phenoxy) is 1. The summed E-state index contributed by atoms with van der Waals surface area (Å²) in [6, 6.07) is 1.52. The fourth-order valence-corrected chi connectivity index (χ4v) is 2.98. The Morgan fingerprint density at radius 2 is 2.00 bits per heavy atom. The molecule has 11 nitrogen and oxygen atoms in total. The number of hydrogen-bond donors (Lipinski definition) is 1. The van der Waals surface area contributed by atoms with E-state index in [4.69, 9.17) is 4.74 Å². The van der Waals surface area contributed by atoms with E-state index in [0.29, 0.717) is 12.8 Å². The van der Waals surface area contributed by atoms with Gasteiger partial charge in [-0.15, -0.1) is 0 Å². The van der Waals surface area contributed by atoms with Gasteiger partial charge in [0, 0.05) is 19.2 Å². The van der Waals surface area contributed by atoms with Crippen LogP contribution in [0.4, 0.5) is 17.1 Å². The van der Waals surface area contributed by atoms with Crippen LogP contribution in [0.2, 0.25) is 0 Å². The van der Waals surface area contributed by atoms with Gasteiger partial charge in [0.15, 0.2) is 0 Å². The van der Waals surface area contributed by atoms with Gasteiger partial charge in [0.2, 0.25) is 0 Å². The molecule has 0 aromatic heterocycles. The van der Waals surface area contributed by atoms with Crippen LogP contribution in [0.1, 0.15) is 30.1 Å². The maximum atomic E-state index is 12.0. The third-order valence-electron chi connectivity index (χ3n) is 4.07. The molecular formula is C15H17N3O8. The number of carboxylic acid groups (broad SMARTS) is 1. The highest BCUT2D eigenvalue weighted by atomic mass is 16.6. The Hall–Kier alpha value is -3.24. The molecule has 1 aliphatic heterocycles. The summed E-state index contributed by atoms with van der Waals surface area (Å²) in [5.41, 5.74) is -2.14. The summed E-state index contributed by atoms with van der Waals surface area (Å²) in [5, 5.41) is 31.8. The number of non-ortho nitro benzene ring substituents is 1. The Morgan fingerprint density at radius 3 is 2.54 bits per heavy atom. The molecule has 1 aliphatic rings. The molecule has 1 atom stereocenters. The van der Waals surface area contributed by atoms with E-state index in [1.165, 1.54) is 4.90 Å². The molecule has 2 rings (SSSR count). The number of anilines is 1. The van der Waals surface area contributed by atoms with Crippen LogP contribution < -0.4 is 4.90 Å². The van der Waals surface area contributed by atoms with Gasteiger partial charge in [0.25, 0.3) is 11.4 Å². The number of esters is 1. The lowest BCUT2D eigenvalue weighted by Crippen LogP contribution is -2.40. The van der Waals surface area contributed by atoms with Gasteiger partial charge in [-0.2, -0.15) is 0 Å². The van der Waals surface area contributed by atoms with E-state index in [-0.39, 0.29) is 25.4 Å². The van der Waals surface area contributed by atoms with Gasteiger partial charge >= 0.3 is 11.9 Å². The Balaban J connectivity index is 2.52. The first-order valence-corrected chi connectivity index (χ1v) is 7.88. The standard InChI is InChI=1S/C15H17N3O8/c1-2-26-15(21)9-4-3-5-16(8-9)13-11(14(19)20)6-10(17(22)23)7-12(13)18(24)25/h6-7,9H,2-5,8H2,1H3,(H,19,20). The van der Waals surface area contributed by atoms with Gasteiger partial charge in [-0.05, 0) is 19.8 Å². The molecule has 0 amide bonds. The van der Waals surface area contributed by atoms with Crippen molar-refractivity contribution < 1.29 is 29.3 Å². The maximum Gasteiger partial charge on any atom is 0.338 e. The van der Waals surface area contributed by atoms with E-state index in [2.05, 4.69) is 0 Å². The molecule has 0 saturated carbocycles. The van der Waals surface area contributed by atoms with Gasteiger partial charge < -0.3 is 14.7 Å². The summed E-state index contributed by atoms with van der Waals surface area (Å²) in [7, 11) is 0. The van der Waals surface area contributed by atoms with E-state index in [1.807, 2.05) is 0 Å². The maximum absolute atomic E-state index is 12.0. The summed E-state index contributed by atoms with van der Waals surface area (Å²) in [6.07, 6.45) is 1.01. The Bertz CT molecular complexity index is 728. The Kier molecular flexibility index (Phi) is 5.70. The third-order valence-corrected chi connectivity index (χ3v) is 4.07. The van der Waals surface area contributed by atoms with Crippen molar-refractivity contribution in [3.63, 3.8) is 0 Å². The molecule has 1 unspecified atom stereocenters. The molecule has 1 aromatic carbocycles. The number of carbonyl (C=O) groups excluding carboxylic acids is 1. The molecule has 140 valence electrons. The Morgan fingerprint density at radius 1 is 1.31 bits per heavy atom. The van der Waals surface area contributed by atoms with E-state index < -0.39 is 44.6 Å². The average Bonchev–Trinajstić information content (AvgIpc) is 2.60. The SMILES string of the molecule is CCOC(=O)C1CCCN(c2c(C(=O)O)cc([N+](=O)[O-])cc2[N+](=O)[O-])C1. The van der Waals surface area contributed by atoms with E-state index in [1.54, 1.807) is 6.92 Å². The summed E-state index contributed by atoms with van der Waals surface area (Å²) in [5.74, 6) is -2.54. The monoisotopic (exact) mass is 367 g/mol. The predicted molar refractivity (Wildman–Crippen MR) is 88.3 cm³/mol. The van der Waals surface area contributed by atoms with Crippen molar-refractivity contribution in [2.45, 2.75) is 19.8 Å². The van der Waals surface area contributed by atoms with E-state index in [9.17, 15) is 34.9 Å². The predicted octanol–water partition coefficient (Wildman–Crippen LogP) is 1.98. The van der Waals surface area contributed by atoms with Crippen LogP contribution in [-0.4, -0.2) is 46.6 Å². The lowest BCUT2D eigenvalue weighted by Gasteiger charge is -2.33. The third kappa shape index (κ3) is 3.87. The van der Waals surface area contributed by atoms with Crippen LogP contribution in [0.5, 0.6) is 0 Å². The van der Waals surface area contributed by atoms with E-state index in [0.717, 1.165) is 12.1 Å². The van der Waals surface area contributed by atoms with Crippen molar-refractivity contribution in [2.75, 3.05) is 24.6 Å². The fourth-order valence-electron chi connectivity index (χ4n) is 2.98. The lowest BCUT2D eigenvalue weighted by molar-refractivity contribution is -0.393. The summed E-state index contributed by atoms with van der Waals surface area (Å²) < 4.78 is 4.97. The first-order valence-electron chi connectivity index (χ1n) is 7.88. The smallest absolute Gasteiger partial charge is 0.338 e. The summed E-state index contributed by atoms with van der Waals surface area (Å²) in [6.45, 7) is 2.17. The number of carboxylic acids is 1. The molecule has 1 saturated heterocycles. The van der Waals surface area contributed by atoms with Crippen LogP contribution >= 0.6 is 0 Å². The molecule has 1 aromatic rings. The topological polar surface area (TPSA) is 153 Å². The average molecular weight is 367 g/mol. The van der Waals surface area contributed by atoms with Crippen LogP contribution in [0, 0.1) is 26.1 Å². The number of hydrogen-bond acceptors (Lipinski definition) is 8. The number of piperidine rings is 1. The number of rotatable bonds is 6. The number of aromatic carboxylic acids is 1. The first kappa shape index (κ1) is 19.1. The van der Waals surface area contributed by atoms with Crippen molar-refractivity contribution in [3.05, 3.63) is 37.9 Å². The molecule has 1 N–H and O–H groups in total. The van der Waals surface area contributed by atoms with Crippen LogP contribution in [0.25, 0.3) is 0 Å². The van der Waals surface area contributed by atoms with Crippen molar-refractivity contribution in [1.29, 1.82) is 0 Å². The fraction of sp³-hybridized carbons (Fsp3) is 0.467. The molecule has 1 heterocycles. The van der Waals surface area contributed by atoms with Crippen LogP contribution in [-0.2, 0) is 9.53 Å². The molecule has 0 radical (unpaired) electrons. The normalized spacial score (nSPS) is 16.8. The van der Waals surface area contributed by atoms with Crippen molar-refractivity contribution in [1.82, 2.24) is 0 Å². The second-order valence-electron chi connectivity index (χ2n) is 5.72. The van der Waals surface area contributed by atoms with Gasteiger partial charge in [0.1, 0.15) is 5.69 Å². The molecule has 1 fully saturated rings. The van der Waals surface area contributed by atoms with Gasteiger partial charge in [-0.3, -0.25) is 25.0 Å². The van der Waals surface area contributed by atoms with E-state index >= 15 is 0 Å². The largest absolute Gasteiger partial charge is 0.478 e. The minimum absolute atomic E-state index is 0.0394. The zero-order chi connectivity index (χ0) is 19.4. The second-order valence-corrected chi connectivity index (χ2v) is 5.72. The molecular weight excluding hydrogens is 350 g/mol. The Labute approximate surface area is 147 Å². The molecule has 0 bridgehead atoms. The number of nitrogens with zero attached hydrogens (tertiary/aromatic N) is 3. The van der Waals surface area contributed by atoms with Crippen molar-refractivity contribution >= 4 is 29.0 Å². The molecule has 0 aliphatic carbocycles. The van der Waals surface area contributed by atoms with Crippen LogP contribution in [0.3, 0.4) is 0 Å². The van der Waals surface area contributed by atoms with Crippen molar-refractivity contribution in [3.8, 4) is 0 Å². The highest BCUT2D eigenvalue weighted by Gasteiger charge is 2.35. The van der Waals surface area contributed by atoms with Gasteiger partial charge in [0.05, 0.1) is 34.0 Å². The van der Waals surface area contributed by atoms with Gasteiger partial charge in [-0.25, -0.2) is 4.79 Å². The summed E-state index contributed by atoms with van der Waals surface area (Å²) >= 11 is 0. The number of benzene rings is 1. The lowest BCUT2D eigenvalue weighted by atomic mass is 9.96. The number of nitro benzene ring substituents is 2. The number of nitro groups is 2. The molecule has 0 spiro atoms. The minimum atomic E-state index is -1.52. The number of carbonyl (C=O) groups is 2. The molecule has 26 heavy (non-hydrogen) atoms. The van der Waals surface area contributed by atoms with Crippen LogP contribution in [0.15, 0.2) is 12.1 Å². The zero-order valence-corrected chi connectivity index (χ0v) is 13.9. The first-order chi connectivity index (χ1) is 12.3.